The highest BCUT2D eigenvalue weighted by Gasteiger charge is 2.04. The summed E-state index contributed by atoms with van der Waals surface area (Å²) in [6.45, 7) is 2.29. The maximum Gasteiger partial charge on any atom is 0.303 e. The molecular weight excluding hydrogens is 271 g/mol. The quantitative estimate of drug-likeness (QED) is 0.881. The van der Waals surface area contributed by atoms with E-state index >= 15 is 0 Å². The third-order valence-electron chi connectivity index (χ3n) is 3.17. The van der Waals surface area contributed by atoms with E-state index in [2.05, 4.69) is 0 Å². The molecule has 0 aromatic heterocycles. The summed E-state index contributed by atoms with van der Waals surface area (Å²) in [6, 6.07) is 11.8. The summed E-state index contributed by atoms with van der Waals surface area (Å²) < 4.78 is 18.5. The van der Waals surface area contributed by atoms with Gasteiger partial charge in [-0.15, -0.1) is 0 Å². The Balaban J connectivity index is 1.97. The molecule has 0 radical (unpaired) electrons. The lowest BCUT2D eigenvalue weighted by Gasteiger charge is -2.10. The number of hydrogen-bond donors (Lipinski definition) is 1. The van der Waals surface area contributed by atoms with Crippen molar-refractivity contribution in [2.24, 2.45) is 0 Å². The van der Waals surface area contributed by atoms with Crippen LogP contribution in [0.1, 0.15) is 23.1 Å². The Morgan fingerprint density at radius 2 is 1.81 bits per heavy atom. The molecule has 21 heavy (non-hydrogen) atoms. The maximum absolute atomic E-state index is 12.8. The van der Waals surface area contributed by atoms with Gasteiger partial charge in [-0.2, -0.15) is 0 Å². The van der Waals surface area contributed by atoms with Gasteiger partial charge in [0.2, 0.25) is 0 Å². The fourth-order valence-electron chi connectivity index (χ4n) is 2.02. The molecule has 2 aromatic rings. The largest absolute Gasteiger partial charge is 0.489 e. The van der Waals surface area contributed by atoms with E-state index in [0.29, 0.717) is 13.0 Å². The molecule has 0 unspecified atom stereocenters. The summed E-state index contributed by atoms with van der Waals surface area (Å²) >= 11 is 0. The normalized spacial score (nSPS) is 10.4. The maximum atomic E-state index is 12.8. The van der Waals surface area contributed by atoms with Gasteiger partial charge in [-0.25, -0.2) is 4.39 Å². The van der Waals surface area contributed by atoms with Crippen LogP contribution in [0, 0.1) is 12.7 Å². The number of rotatable bonds is 6. The van der Waals surface area contributed by atoms with Gasteiger partial charge in [-0.1, -0.05) is 24.3 Å². The summed E-state index contributed by atoms with van der Waals surface area (Å²) in [7, 11) is 0. The van der Waals surface area contributed by atoms with Crippen molar-refractivity contribution in [3.8, 4) is 5.75 Å². The predicted octanol–water partition coefficient (Wildman–Crippen LogP) is 3.73. The Morgan fingerprint density at radius 3 is 2.43 bits per heavy atom. The van der Waals surface area contributed by atoms with Crippen molar-refractivity contribution < 1.29 is 19.0 Å². The average Bonchev–Trinajstić information content (AvgIpc) is 2.46. The molecule has 0 aliphatic rings. The van der Waals surface area contributed by atoms with E-state index in [9.17, 15) is 9.18 Å². The zero-order chi connectivity index (χ0) is 15.2. The van der Waals surface area contributed by atoms with Crippen LogP contribution in [0.3, 0.4) is 0 Å². The minimum atomic E-state index is -0.802. The second-order valence-corrected chi connectivity index (χ2v) is 4.91. The van der Waals surface area contributed by atoms with Gasteiger partial charge in [-0.05, 0) is 48.2 Å². The fourth-order valence-corrected chi connectivity index (χ4v) is 2.02. The van der Waals surface area contributed by atoms with Gasteiger partial charge in [0.05, 0.1) is 0 Å². The second-order valence-electron chi connectivity index (χ2n) is 4.91. The van der Waals surface area contributed by atoms with Crippen molar-refractivity contribution in [2.45, 2.75) is 26.4 Å². The minimum Gasteiger partial charge on any atom is -0.489 e. The number of carboxylic acids is 1. The zero-order valence-corrected chi connectivity index (χ0v) is 11.8. The topological polar surface area (TPSA) is 46.5 Å². The van der Waals surface area contributed by atoms with E-state index in [4.69, 9.17) is 9.84 Å². The molecule has 0 aliphatic heterocycles. The number of carbonyl (C=O) groups is 1. The van der Waals surface area contributed by atoms with Crippen molar-refractivity contribution in [2.75, 3.05) is 0 Å². The van der Waals surface area contributed by atoms with Crippen molar-refractivity contribution in [1.29, 1.82) is 0 Å². The Morgan fingerprint density at radius 1 is 1.14 bits per heavy atom. The molecule has 0 saturated carbocycles. The number of hydrogen-bond acceptors (Lipinski definition) is 2. The van der Waals surface area contributed by atoms with E-state index in [1.54, 1.807) is 12.1 Å². The van der Waals surface area contributed by atoms with Gasteiger partial charge in [0, 0.05) is 6.42 Å². The zero-order valence-electron chi connectivity index (χ0n) is 11.8. The second kappa shape index (κ2) is 6.88. The van der Waals surface area contributed by atoms with Crippen molar-refractivity contribution in [1.82, 2.24) is 0 Å². The van der Waals surface area contributed by atoms with E-state index in [1.165, 1.54) is 12.1 Å². The molecule has 0 atom stereocenters. The molecule has 0 amide bonds. The lowest BCUT2D eigenvalue weighted by molar-refractivity contribution is -0.136. The van der Waals surface area contributed by atoms with Crippen LogP contribution >= 0.6 is 0 Å². The standard InChI is InChI=1S/C17H17FO3/c1-12-10-13(5-9-17(19)20)4-8-16(12)21-11-14-2-6-15(18)7-3-14/h2-4,6-8,10H,5,9,11H2,1H3,(H,19,20). The number of carboxylic acid groups (broad SMARTS) is 1. The third kappa shape index (κ3) is 4.60. The summed E-state index contributed by atoms with van der Waals surface area (Å²) in [5.74, 6) is -0.319. The third-order valence-corrected chi connectivity index (χ3v) is 3.17. The summed E-state index contributed by atoms with van der Waals surface area (Å²) in [4.78, 5) is 10.6. The van der Waals surface area contributed by atoms with Crippen LogP contribution in [0.15, 0.2) is 42.5 Å². The molecule has 0 spiro atoms. The van der Waals surface area contributed by atoms with Gasteiger partial charge in [0.1, 0.15) is 18.2 Å². The van der Waals surface area contributed by atoms with Crippen LogP contribution in [0.4, 0.5) is 4.39 Å². The molecule has 3 nitrogen and oxygen atoms in total. The van der Waals surface area contributed by atoms with Crippen LogP contribution in [-0.4, -0.2) is 11.1 Å². The first kappa shape index (κ1) is 15.0. The van der Waals surface area contributed by atoms with Crippen molar-refractivity contribution >= 4 is 5.97 Å². The SMILES string of the molecule is Cc1cc(CCC(=O)O)ccc1OCc1ccc(F)cc1. The Bertz CT molecular complexity index is 620. The van der Waals surface area contributed by atoms with Gasteiger partial charge in [0.15, 0.2) is 0 Å². The van der Waals surface area contributed by atoms with Crippen LogP contribution in [0.2, 0.25) is 0 Å². The van der Waals surface area contributed by atoms with Gasteiger partial charge in [-0.3, -0.25) is 4.79 Å². The van der Waals surface area contributed by atoms with Crippen LogP contribution < -0.4 is 4.74 Å². The average molecular weight is 288 g/mol. The summed E-state index contributed by atoms with van der Waals surface area (Å²) in [5.41, 5.74) is 2.83. The first-order valence-electron chi connectivity index (χ1n) is 6.73. The van der Waals surface area contributed by atoms with Crippen LogP contribution in [-0.2, 0) is 17.8 Å². The van der Waals surface area contributed by atoms with Crippen molar-refractivity contribution in [3.05, 3.63) is 65.0 Å². The first-order valence-corrected chi connectivity index (χ1v) is 6.73. The van der Waals surface area contributed by atoms with E-state index in [0.717, 1.165) is 22.4 Å². The van der Waals surface area contributed by atoms with Gasteiger partial charge < -0.3 is 9.84 Å². The summed E-state index contributed by atoms with van der Waals surface area (Å²) in [5, 5.41) is 8.68. The number of halogens is 1. The monoisotopic (exact) mass is 288 g/mol. The molecule has 2 aromatic carbocycles. The number of ether oxygens (including phenoxy) is 1. The lowest BCUT2D eigenvalue weighted by Crippen LogP contribution is -2.00. The minimum absolute atomic E-state index is 0.120. The Hall–Kier alpha value is -2.36. The van der Waals surface area contributed by atoms with Crippen molar-refractivity contribution in [3.63, 3.8) is 0 Å². The highest BCUT2D eigenvalue weighted by atomic mass is 19.1. The molecular formula is C17H17FO3. The predicted molar refractivity (Wildman–Crippen MR) is 77.9 cm³/mol. The Labute approximate surface area is 123 Å². The Kier molecular flexibility index (Phi) is 4.93. The van der Waals surface area contributed by atoms with Gasteiger partial charge in [0.25, 0.3) is 0 Å². The number of aryl methyl sites for hydroxylation is 2. The lowest BCUT2D eigenvalue weighted by atomic mass is 10.1. The highest BCUT2D eigenvalue weighted by molar-refractivity contribution is 5.67. The van der Waals surface area contributed by atoms with Gasteiger partial charge >= 0.3 is 5.97 Å². The molecule has 0 saturated heterocycles. The number of benzene rings is 2. The molecule has 0 fully saturated rings. The first-order chi connectivity index (χ1) is 10.0. The molecule has 0 bridgehead atoms. The molecule has 2 rings (SSSR count). The molecule has 110 valence electrons. The smallest absolute Gasteiger partial charge is 0.303 e. The van der Waals surface area contributed by atoms with E-state index in [-0.39, 0.29) is 12.2 Å². The molecule has 0 aliphatic carbocycles. The summed E-state index contributed by atoms with van der Waals surface area (Å²) in [6.07, 6.45) is 0.629. The van der Waals surface area contributed by atoms with E-state index < -0.39 is 5.97 Å². The van der Waals surface area contributed by atoms with Crippen LogP contribution in [0.25, 0.3) is 0 Å². The number of aliphatic carboxylic acids is 1. The van der Waals surface area contributed by atoms with E-state index in [1.807, 2.05) is 25.1 Å². The van der Waals surface area contributed by atoms with Crippen LogP contribution in [0.5, 0.6) is 5.75 Å². The molecule has 0 heterocycles. The fraction of sp³-hybridized carbons (Fsp3) is 0.235. The molecule has 1 N–H and O–H groups in total. The highest BCUT2D eigenvalue weighted by Crippen LogP contribution is 2.21. The molecule has 4 heteroatoms.